The maximum Gasteiger partial charge on any atom is 0.498 e. The Morgan fingerprint density at radius 3 is 2.08 bits per heavy atom. The molecule has 0 radical (unpaired) electrons. The fourth-order valence-corrected chi connectivity index (χ4v) is 4.14. The quantitative estimate of drug-likeness (QED) is 0.651. The maximum atomic E-state index is 9.32. The molecular weight excluding hydrogens is 335 g/mol. The van der Waals surface area contributed by atoms with Crippen LogP contribution in [0, 0.1) is 16.7 Å². The summed E-state index contributed by atoms with van der Waals surface area (Å²) in [6, 6.07) is 2.39. The Morgan fingerprint density at radius 2 is 1.64 bits per heavy atom. The molecule has 8 heteroatoms. The summed E-state index contributed by atoms with van der Waals surface area (Å²) in [5.41, 5.74) is -0.639. The lowest BCUT2D eigenvalue weighted by atomic mass is 9.59. The van der Waals surface area contributed by atoms with Gasteiger partial charge in [-0.3, -0.25) is 4.72 Å². The van der Waals surface area contributed by atoms with Crippen molar-refractivity contribution < 1.29 is 9.31 Å². The highest BCUT2D eigenvalue weighted by Gasteiger charge is 2.56. The van der Waals surface area contributed by atoms with Crippen LogP contribution in [0.1, 0.15) is 53.3 Å². The van der Waals surface area contributed by atoms with Crippen molar-refractivity contribution in [2.24, 2.45) is 5.41 Å². The van der Waals surface area contributed by atoms with Crippen LogP contribution in [0.5, 0.6) is 0 Å². The Labute approximate surface area is 154 Å². The van der Waals surface area contributed by atoms with Crippen LogP contribution < -0.4 is 10.2 Å². The molecule has 1 aromatic rings. The van der Waals surface area contributed by atoms with E-state index in [4.69, 9.17) is 9.31 Å². The number of nitriles is 1. The minimum absolute atomic E-state index is 0.323. The van der Waals surface area contributed by atoms with Crippen LogP contribution in [0.3, 0.4) is 0 Å². The van der Waals surface area contributed by atoms with Gasteiger partial charge in [-0.05, 0) is 53.7 Å². The Kier molecular flexibility index (Phi) is 4.44. The van der Waals surface area contributed by atoms with Gasteiger partial charge in [0.25, 0.3) is 0 Å². The number of hydrogen-bond donors (Lipinski definition) is 1. The Hall–Kier alpha value is -1.14. The van der Waals surface area contributed by atoms with Crippen molar-refractivity contribution in [3.05, 3.63) is 18.2 Å². The molecule has 25 heavy (non-hydrogen) atoms. The van der Waals surface area contributed by atoms with Gasteiger partial charge in [0, 0.05) is 17.9 Å². The third-order valence-electron chi connectivity index (χ3n) is 5.58. The smallest absolute Gasteiger partial charge is 0.399 e. The summed E-state index contributed by atoms with van der Waals surface area (Å²) < 4.78 is 15.5. The Balaban J connectivity index is 1.80. The summed E-state index contributed by atoms with van der Waals surface area (Å²) >= 11 is 1.53. The van der Waals surface area contributed by atoms with E-state index in [0.717, 1.165) is 11.3 Å². The minimum Gasteiger partial charge on any atom is -0.399 e. The number of nitrogens with one attached hydrogen (secondary N) is 1. The normalized spacial score (nSPS) is 32.9. The molecule has 1 aromatic heterocycles. The molecule has 0 aromatic carbocycles. The van der Waals surface area contributed by atoms with Gasteiger partial charge in [-0.2, -0.15) is 5.26 Å². The monoisotopic (exact) mass is 360 g/mol. The molecule has 1 aliphatic carbocycles. The molecule has 1 saturated heterocycles. The highest BCUT2D eigenvalue weighted by Crippen LogP contribution is 2.53. The van der Waals surface area contributed by atoms with E-state index >= 15 is 0 Å². The van der Waals surface area contributed by atoms with Crippen LogP contribution in [0.15, 0.2) is 12.4 Å². The zero-order valence-electron chi connectivity index (χ0n) is 15.7. The third-order valence-corrected chi connectivity index (χ3v) is 6.17. The first-order chi connectivity index (χ1) is 11.6. The van der Waals surface area contributed by atoms with Gasteiger partial charge in [0.05, 0.1) is 28.2 Å². The first-order valence-electron chi connectivity index (χ1n) is 8.46. The highest BCUT2D eigenvalue weighted by atomic mass is 32.2. The number of hydrogen-bond acceptors (Lipinski definition) is 7. The maximum absolute atomic E-state index is 9.32. The van der Waals surface area contributed by atoms with Crippen molar-refractivity contribution in [3.8, 4) is 6.07 Å². The summed E-state index contributed by atoms with van der Waals surface area (Å²) in [4.78, 5) is 9.15. The predicted molar refractivity (Wildman–Crippen MR) is 99.0 cm³/mol. The number of aromatic nitrogens is 2. The Morgan fingerprint density at radius 1 is 1.12 bits per heavy atom. The molecule has 0 unspecified atom stereocenters. The largest absolute Gasteiger partial charge is 0.498 e. The second-order valence-corrected chi connectivity index (χ2v) is 8.95. The van der Waals surface area contributed by atoms with E-state index in [1.807, 2.05) is 40.9 Å². The molecule has 134 valence electrons. The van der Waals surface area contributed by atoms with E-state index in [1.165, 1.54) is 11.9 Å². The van der Waals surface area contributed by atoms with Crippen molar-refractivity contribution in [1.29, 1.82) is 5.26 Å². The Bertz CT molecular complexity index is 680. The summed E-state index contributed by atoms with van der Waals surface area (Å²) in [7, 11) is -0.464. The van der Waals surface area contributed by atoms with Gasteiger partial charge in [0.2, 0.25) is 0 Å². The lowest BCUT2D eigenvalue weighted by Crippen LogP contribution is -2.55. The van der Waals surface area contributed by atoms with Gasteiger partial charge in [0.15, 0.2) is 0 Å². The number of nitrogens with zero attached hydrogens (tertiary/aromatic N) is 3. The standard InChI is InChI=1S/C17H25BN4O2S/c1-14(2)15(3,4)24-18(23-14)12-7-20-13(21-8-12)17(22-25-6)9-16(5,10-17)11-19/h7-8,22H,9-10H2,1-6H3. The van der Waals surface area contributed by atoms with Gasteiger partial charge in [-0.15, -0.1) is 0 Å². The highest BCUT2D eigenvalue weighted by molar-refractivity contribution is 7.96. The summed E-state index contributed by atoms with van der Waals surface area (Å²) in [6.45, 7) is 10.1. The molecule has 2 aliphatic rings. The van der Waals surface area contributed by atoms with Crippen LogP contribution in [0.4, 0.5) is 0 Å². The number of rotatable bonds is 4. The van der Waals surface area contributed by atoms with Crippen molar-refractivity contribution in [1.82, 2.24) is 14.7 Å². The van der Waals surface area contributed by atoms with Crippen molar-refractivity contribution in [3.63, 3.8) is 0 Å². The molecule has 0 spiro atoms. The van der Waals surface area contributed by atoms with E-state index in [0.29, 0.717) is 12.8 Å². The van der Waals surface area contributed by atoms with Crippen molar-refractivity contribution in [2.45, 2.75) is 64.2 Å². The second kappa shape index (κ2) is 5.95. The zero-order valence-corrected chi connectivity index (χ0v) is 16.5. The lowest BCUT2D eigenvalue weighted by molar-refractivity contribution is 0.00578. The van der Waals surface area contributed by atoms with E-state index in [2.05, 4.69) is 20.8 Å². The molecule has 0 bridgehead atoms. The predicted octanol–water partition coefficient (Wildman–Crippen LogP) is 2.16. The van der Waals surface area contributed by atoms with E-state index in [9.17, 15) is 5.26 Å². The molecule has 1 aliphatic heterocycles. The fourth-order valence-electron chi connectivity index (χ4n) is 3.52. The van der Waals surface area contributed by atoms with Crippen LogP contribution >= 0.6 is 11.9 Å². The van der Waals surface area contributed by atoms with Gasteiger partial charge < -0.3 is 9.31 Å². The molecule has 2 fully saturated rings. The fraction of sp³-hybridized carbons (Fsp3) is 0.706. The zero-order chi connectivity index (χ0) is 18.5. The van der Waals surface area contributed by atoms with Gasteiger partial charge in [-0.1, -0.05) is 11.9 Å². The van der Waals surface area contributed by atoms with Crippen LogP contribution in [-0.2, 0) is 14.8 Å². The molecule has 2 heterocycles. The van der Waals surface area contributed by atoms with Crippen molar-refractivity contribution >= 4 is 24.5 Å². The molecule has 0 atom stereocenters. The molecular formula is C17H25BN4O2S. The molecule has 6 nitrogen and oxygen atoms in total. The third kappa shape index (κ3) is 3.08. The first kappa shape index (κ1) is 18.6. The van der Waals surface area contributed by atoms with E-state index in [1.54, 1.807) is 12.4 Å². The summed E-state index contributed by atoms with van der Waals surface area (Å²) in [5, 5.41) is 9.32. The van der Waals surface area contributed by atoms with Crippen LogP contribution in [0.2, 0.25) is 0 Å². The average Bonchev–Trinajstić information content (AvgIpc) is 2.74. The average molecular weight is 360 g/mol. The molecule has 0 amide bonds. The van der Waals surface area contributed by atoms with E-state index < -0.39 is 7.12 Å². The first-order valence-corrected chi connectivity index (χ1v) is 9.68. The van der Waals surface area contributed by atoms with Crippen LogP contribution in [-0.4, -0.2) is 34.5 Å². The van der Waals surface area contributed by atoms with Gasteiger partial charge in [-0.25, -0.2) is 9.97 Å². The molecule has 3 rings (SSSR count). The van der Waals surface area contributed by atoms with Crippen molar-refractivity contribution in [2.75, 3.05) is 6.26 Å². The molecule has 1 saturated carbocycles. The van der Waals surface area contributed by atoms with Crippen LogP contribution in [0.25, 0.3) is 0 Å². The SMILES string of the molecule is CSNC1(c2ncc(B3OC(C)(C)C(C)(C)O3)cn2)CC(C)(C#N)C1. The van der Waals surface area contributed by atoms with Gasteiger partial charge >= 0.3 is 7.12 Å². The van der Waals surface area contributed by atoms with E-state index in [-0.39, 0.29) is 22.2 Å². The summed E-state index contributed by atoms with van der Waals surface area (Å²) in [6.07, 6.45) is 6.93. The van der Waals surface area contributed by atoms with Gasteiger partial charge in [0.1, 0.15) is 5.82 Å². The molecule has 1 N–H and O–H groups in total. The lowest BCUT2D eigenvalue weighted by Gasteiger charge is -2.49. The second-order valence-electron chi connectivity index (χ2n) is 8.34. The topological polar surface area (TPSA) is 80.1 Å². The minimum atomic E-state index is -0.464. The summed E-state index contributed by atoms with van der Waals surface area (Å²) in [5.74, 6) is 0.717.